The smallest absolute Gasteiger partial charge is 0.337 e. The van der Waals surface area contributed by atoms with Gasteiger partial charge in [-0.2, -0.15) is 4.31 Å². The van der Waals surface area contributed by atoms with Crippen LogP contribution in [0.15, 0.2) is 29.2 Å². The minimum atomic E-state index is -3.88. The van der Waals surface area contributed by atoms with Crippen molar-refractivity contribution in [2.75, 3.05) is 13.2 Å². The Morgan fingerprint density at radius 3 is 2.68 bits per heavy atom. The van der Waals surface area contributed by atoms with Crippen LogP contribution in [0.25, 0.3) is 0 Å². The summed E-state index contributed by atoms with van der Waals surface area (Å²) in [6.07, 6.45) is 1.25. The normalized spacial score (nSPS) is 20.6. The fourth-order valence-electron chi connectivity index (χ4n) is 2.30. The van der Waals surface area contributed by atoms with E-state index in [2.05, 4.69) is 0 Å². The van der Waals surface area contributed by atoms with Gasteiger partial charge in [0.1, 0.15) is 0 Å². The fourth-order valence-corrected chi connectivity index (χ4v) is 4.17. The highest BCUT2D eigenvalue weighted by molar-refractivity contribution is 7.89. The molecule has 0 saturated carbocycles. The Kier molecular flexibility index (Phi) is 3.88. The number of hydrogen-bond acceptors (Lipinski definition) is 4. The van der Waals surface area contributed by atoms with E-state index in [0.29, 0.717) is 19.4 Å². The lowest BCUT2D eigenvalue weighted by molar-refractivity contribution is 0.0692. The van der Waals surface area contributed by atoms with Crippen LogP contribution in [0.4, 0.5) is 0 Å². The third kappa shape index (κ3) is 2.49. The van der Waals surface area contributed by atoms with Gasteiger partial charge in [0.25, 0.3) is 0 Å². The predicted octanol–water partition coefficient (Wildman–Crippen LogP) is 0.530. The minimum Gasteiger partial charge on any atom is -0.478 e. The van der Waals surface area contributed by atoms with Crippen LogP contribution < -0.4 is 0 Å². The van der Waals surface area contributed by atoms with Crippen LogP contribution in [0.5, 0.6) is 0 Å². The topological polar surface area (TPSA) is 94.9 Å². The molecule has 1 aliphatic heterocycles. The van der Waals surface area contributed by atoms with E-state index >= 15 is 0 Å². The van der Waals surface area contributed by atoms with Gasteiger partial charge in [-0.05, 0) is 25.0 Å². The molecule has 1 aliphatic rings. The molecule has 19 heavy (non-hydrogen) atoms. The first kappa shape index (κ1) is 14.0. The third-order valence-electron chi connectivity index (χ3n) is 3.24. The summed E-state index contributed by atoms with van der Waals surface area (Å²) in [7, 11) is -3.88. The van der Waals surface area contributed by atoms with Gasteiger partial charge in [0, 0.05) is 12.6 Å². The van der Waals surface area contributed by atoms with Crippen LogP contribution in [-0.2, 0) is 10.0 Å². The van der Waals surface area contributed by atoms with Gasteiger partial charge in [-0.15, -0.1) is 0 Å². The van der Waals surface area contributed by atoms with Gasteiger partial charge in [0.15, 0.2) is 0 Å². The highest BCUT2D eigenvalue weighted by Gasteiger charge is 2.36. The van der Waals surface area contributed by atoms with Crippen molar-refractivity contribution in [1.82, 2.24) is 4.31 Å². The highest BCUT2D eigenvalue weighted by atomic mass is 32.2. The molecular formula is C12H15NO5S. The lowest BCUT2D eigenvalue weighted by Gasteiger charge is -2.23. The first-order valence-corrected chi connectivity index (χ1v) is 7.37. The van der Waals surface area contributed by atoms with E-state index in [1.807, 2.05) is 0 Å². The maximum Gasteiger partial charge on any atom is 0.337 e. The molecule has 6 nitrogen and oxygen atoms in total. The van der Waals surface area contributed by atoms with Gasteiger partial charge < -0.3 is 10.2 Å². The molecule has 0 unspecified atom stereocenters. The van der Waals surface area contributed by atoms with Crippen molar-refractivity contribution in [2.24, 2.45) is 0 Å². The Morgan fingerprint density at radius 1 is 1.37 bits per heavy atom. The quantitative estimate of drug-likeness (QED) is 0.841. The van der Waals surface area contributed by atoms with Crippen LogP contribution in [0, 0.1) is 0 Å². The summed E-state index contributed by atoms with van der Waals surface area (Å²) in [5, 5.41) is 18.3. The molecule has 7 heteroatoms. The van der Waals surface area contributed by atoms with Gasteiger partial charge in [0.05, 0.1) is 17.1 Å². The summed E-state index contributed by atoms with van der Waals surface area (Å²) >= 11 is 0. The Bertz CT molecular complexity index is 584. The van der Waals surface area contributed by atoms with E-state index in [4.69, 9.17) is 5.11 Å². The first-order valence-electron chi connectivity index (χ1n) is 5.93. The summed E-state index contributed by atoms with van der Waals surface area (Å²) in [6, 6.07) is 5.05. The van der Waals surface area contributed by atoms with Crippen LogP contribution in [-0.4, -0.2) is 48.1 Å². The molecule has 0 spiro atoms. The van der Waals surface area contributed by atoms with Crippen molar-refractivity contribution in [3.8, 4) is 0 Å². The number of aliphatic hydroxyl groups excluding tert-OH is 1. The van der Waals surface area contributed by atoms with Crippen molar-refractivity contribution < 1.29 is 23.4 Å². The zero-order valence-corrected chi connectivity index (χ0v) is 11.0. The molecule has 1 aromatic carbocycles. The van der Waals surface area contributed by atoms with Crippen molar-refractivity contribution in [1.29, 1.82) is 0 Å². The third-order valence-corrected chi connectivity index (χ3v) is 5.25. The molecule has 0 aromatic heterocycles. The molecule has 0 amide bonds. The molecule has 1 fully saturated rings. The standard InChI is InChI=1S/C12H15NO5S/c14-8-9-4-3-7-13(9)19(17,18)11-6-2-1-5-10(11)12(15)16/h1-2,5-6,9,14H,3-4,7-8H2,(H,15,16)/t9-/m1/s1. The summed E-state index contributed by atoms with van der Waals surface area (Å²) < 4.78 is 26.2. The van der Waals surface area contributed by atoms with Crippen molar-refractivity contribution in [2.45, 2.75) is 23.8 Å². The molecule has 104 valence electrons. The summed E-state index contributed by atoms with van der Waals surface area (Å²) in [5.74, 6) is -1.28. The van der Waals surface area contributed by atoms with Gasteiger partial charge in [-0.3, -0.25) is 0 Å². The van der Waals surface area contributed by atoms with Crippen LogP contribution in [0.2, 0.25) is 0 Å². The number of aromatic carboxylic acids is 1. The first-order chi connectivity index (χ1) is 8.98. The van der Waals surface area contributed by atoms with Gasteiger partial charge in [-0.1, -0.05) is 12.1 Å². The van der Waals surface area contributed by atoms with Crippen molar-refractivity contribution >= 4 is 16.0 Å². The summed E-state index contributed by atoms with van der Waals surface area (Å²) in [6.45, 7) is 0.0516. The maximum absolute atomic E-state index is 12.5. The number of benzene rings is 1. The average Bonchev–Trinajstić information content (AvgIpc) is 2.87. The predicted molar refractivity (Wildman–Crippen MR) is 67.4 cm³/mol. The van der Waals surface area contributed by atoms with Crippen molar-refractivity contribution in [3.05, 3.63) is 29.8 Å². The molecule has 2 rings (SSSR count). The Labute approximate surface area is 111 Å². The zero-order valence-electron chi connectivity index (χ0n) is 10.2. The molecule has 0 aliphatic carbocycles. The molecule has 1 heterocycles. The molecule has 1 aromatic rings. The number of carboxylic acids is 1. The number of hydrogen-bond donors (Lipinski definition) is 2. The summed E-state index contributed by atoms with van der Waals surface area (Å²) in [4.78, 5) is 10.9. The largest absolute Gasteiger partial charge is 0.478 e. The fraction of sp³-hybridized carbons (Fsp3) is 0.417. The Balaban J connectivity index is 2.48. The molecule has 0 bridgehead atoms. The number of carbonyl (C=O) groups is 1. The Morgan fingerprint density at radius 2 is 2.05 bits per heavy atom. The van der Waals surface area contributed by atoms with Gasteiger partial charge in [0.2, 0.25) is 10.0 Å². The van der Waals surface area contributed by atoms with E-state index in [9.17, 15) is 18.3 Å². The van der Waals surface area contributed by atoms with E-state index in [-0.39, 0.29) is 17.1 Å². The lowest BCUT2D eigenvalue weighted by atomic mass is 10.2. The number of aliphatic hydroxyl groups is 1. The average molecular weight is 285 g/mol. The molecular weight excluding hydrogens is 270 g/mol. The van der Waals surface area contributed by atoms with Crippen LogP contribution >= 0.6 is 0 Å². The minimum absolute atomic E-state index is 0.220. The molecule has 1 atom stereocenters. The van der Waals surface area contributed by atoms with E-state index in [0.717, 1.165) is 0 Å². The van der Waals surface area contributed by atoms with E-state index < -0.39 is 22.0 Å². The second-order valence-electron chi connectivity index (χ2n) is 4.40. The number of rotatable bonds is 4. The van der Waals surface area contributed by atoms with E-state index in [1.54, 1.807) is 0 Å². The summed E-state index contributed by atoms with van der Waals surface area (Å²) in [5.41, 5.74) is -0.244. The monoisotopic (exact) mass is 285 g/mol. The van der Waals surface area contributed by atoms with Crippen molar-refractivity contribution in [3.63, 3.8) is 0 Å². The van der Waals surface area contributed by atoms with Crippen LogP contribution in [0.1, 0.15) is 23.2 Å². The Hall–Kier alpha value is -1.44. The molecule has 1 saturated heterocycles. The zero-order chi connectivity index (χ0) is 14.0. The van der Waals surface area contributed by atoms with Crippen LogP contribution in [0.3, 0.4) is 0 Å². The maximum atomic E-state index is 12.5. The van der Waals surface area contributed by atoms with Gasteiger partial charge in [-0.25, -0.2) is 13.2 Å². The second-order valence-corrected chi connectivity index (χ2v) is 6.25. The molecule has 0 radical (unpaired) electrons. The molecule has 2 N–H and O–H groups in total. The van der Waals surface area contributed by atoms with Gasteiger partial charge >= 0.3 is 5.97 Å². The SMILES string of the molecule is O=C(O)c1ccccc1S(=O)(=O)N1CCC[C@@H]1CO. The number of nitrogens with zero attached hydrogens (tertiary/aromatic N) is 1. The second kappa shape index (κ2) is 5.28. The lowest BCUT2D eigenvalue weighted by Crippen LogP contribution is -2.38. The van der Waals surface area contributed by atoms with E-state index in [1.165, 1.54) is 28.6 Å². The highest BCUT2D eigenvalue weighted by Crippen LogP contribution is 2.27. The number of sulfonamides is 1. The number of carboxylic acid groups (broad SMARTS) is 1.